The van der Waals surface area contributed by atoms with E-state index in [9.17, 15) is 4.79 Å². The Labute approximate surface area is 94.1 Å². The molecule has 0 unspecified atom stereocenters. The molecule has 82 valence electrons. The van der Waals surface area contributed by atoms with Crippen molar-refractivity contribution in [1.82, 2.24) is 9.97 Å². The van der Waals surface area contributed by atoms with Crippen molar-refractivity contribution in [3.8, 4) is 0 Å². The third kappa shape index (κ3) is 3.09. The summed E-state index contributed by atoms with van der Waals surface area (Å²) in [4.78, 5) is 18.9. The van der Waals surface area contributed by atoms with E-state index in [-0.39, 0.29) is 0 Å². The van der Waals surface area contributed by atoms with E-state index in [0.717, 1.165) is 18.0 Å². The van der Waals surface area contributed by atoms with Crippen LogP contribution in [-0.4, -0.2) is 21.5 Å². The molecular formula is C11H16N2OS. The molecule has 0 radical (unpaired) electrons. The first-order chi connectivity index (χ1) is 7.36. The van der Waals surface area contributed by atoms with E-state index in [1.807, 2.05) is 0 Å². The number of aromatic nitrogens is 2. The van der Waals surface area contributed by atoms with Gasteiger partial charge >= 0.3 is 0 Å². The van der Waals surface area contributed by atoms with Gasteiger partial charge in [-0.2, -0.15) is 0 Å². The Kier molecular flexibility index (Phi) is 3.83. The van der Waals surface area contributed by atoms with Crippen LogP contribution in [0.2, 0.25) is 0 Å². The molecule has 4 heteroatoms. The first kappa shape index (κ1) is 10.7. The number of Topliss-reactive ketones (excluding diaryl/α,β-unsaturated/α-hetero) is 1. The van der Waals surface area contributed by atoms with E-state index < -0.39 is 0 Å². The van der Waals surface area contributed by atoms with E-state index in [4.69, 9.17) is 0 Å². The topological polar surface area (TPSA) is 45.8 Å². The van der Waals surface area contributed by atoms with E-state index in [2.05, 4.69) is 9.97 Å². The summed E-state index contributed by atoms with van der Waals surface area (Å²) in [6.07, 6.45) is 9.44. The monoisotopic (exact) mass is 224 g/mol. The van der Waals surface area contributed by atoms with Gasteiger partial charge in [0.1, 0.15) is 5.78 Å². The molecular weight excluding hydrogens is 208 g/mol. The number of nitrogens with zero attached hydrogens (tertiary/aromatic N) is 1. The number of aromatic amines is 1. The number of hydrogen-bond donors (Lipinski definition) is 1. The van der Waals surface area contributed by atoms with Crippen molar-refractivity contribution in [3.63, 3.8) is 0 Å². The molecule has 0 aliphatic heterocycles. The smallest absolute Gasteiger partial charge is 0.165 e. The molecule has 0 aromatic carbocycles. The van der Waals surface area contributed by atoms with Gasteiger partial charge in [-0.05, 0) is 12.8 Å². The van der Waals surface area contributed by atoms with Gasteiger partial charge in [0.25, 0.3) is 0 Å². The van der Waals surface area contributed by atoms with Crippen molar-refractivity contribution in [2.24, 2.45) is 5.92 Å². The average Bonchev–Trinajstić information content (AvgIpc) is 2.80. The normalized spacial score (nSPS) is 17.9. The number of hydrogen-bond acceptors (Lipinski definition) is 3. The number of H-pyrrole nitrogens is 1. The second kappa shape index (κ2) is 5.35. The van der Waals surface area contributed by atoms with Crippen LogP contribution >= 0.6 is 11.8 Å². The largest absolute Gasteiger partial charge is 0.340 e. The first-order valence-electron chi connectivity index (χ1n) is 5.51. The van der Waals surface area contributed by atoms with Crippen LogP contribution < -0.4 is 0 Å². The lowest BCUT2D eigenvalue weighted by Crippen LogP contribution is -2.19. The van der Waals surface area contributed by atoms with Gasteiger partial charge in [0.15, 0.2) is 5.16 Å². The fourth-order valence-corrected chi connectivity index (χ4v) is 2.81. The van der Waals surface area contributed by atoms with Crippen LogP contribution in [0.15, 0.2) is 17.6 Å². The fraction of sp³-hybridized carbons (Fsp3) is 0.636. The Morgan fingerprint density at radius 3 is 2.93 bits per heavy atom. The Bertz CT molecular complexity index is 304. The summed E-state index contributed by atoms with van der Waals surface area (Å²) in [5.41, 5.74) is 0. The van der Waals surface area contributed by atoms with Crippen molar-refractivity contribution >= 4 is 17.5 Å². The molecule has 2 rings (SSSR count). The molecule has 0 atom stereocenters. The molecule has 1 aliphatic carbocycles. The molecule has 0 bridgehead atoms. The van der Waals surface area contributed by atoms with Crippen molar-refractivity contribution in [1.29, 1.82) is 0 Å². The van der Waals surface area contributed by atoms with Crippen LogP contribution in [0.3, 0.4) is 0 Å². The lowest BCUT2D eigenvalue weighted by atomic mass is 9.87. The quantitative estimate of drug-likeness (QED) is 0.800. The number of thioether (sulfide) groups is 1. The number of imidazole rings is 1. The van der Waals surface area contributed by atoms with Crippen LogP contribution in [0.1, 0.15) is 32.1 Å². The zero-order valence-corrected chi connectivity index (χ0v) is 9.55. The summed E-state index contributed by atoms with van der Waals surface area (Å²) in [5, 5.41) is 0.846. The Morgan fingerprint density at radius 2 is 2.27 bits per heavy atom. The predicted octanol–water partition coefficient (Wildman–Crippen LogP) is 2.65. The maximum Gasteiger partial charge on any atom is 0.165 e. The molecule has 1 aromatic heterocycles. The predicted molar refractivity (Wildman–Crippen MR) is 60.9 cm³/mol. The van der Waals surface area contributed by atoms with Gasteiger partial charge in [0.05, 0.1) is 5.75 Å². The summed E-state index contributed by atoms with van der Waals surface area (Å²) in [6.45, 7) is 0. The Hall–Kier alpha value is -0.770. The number of carbonyl (C=O) groups excluding carboxylic acids is 1. The molecule has 1 heterocycles. The lowest BCUT2D eigenvalue weighted by molar-refractivity contribution is -0.121. The van der Waals surface area contributed by atoms with Crippen LogP contribution in [0.25, 0.3) is 0 Å². The Balaban J connectivity index is 1.76. The minimum absolute atomic E-state index is 0.321. The maximum absolute atomic E-state index is 11.8. The highest BCUT2D eigenvalue weighted by molar-refractivity contribution is 7.99. The highest BCUT2D eigenvalue weighted by Crippen LogP contribution is 2.26. The van der Waals surface area contributed by atoms with Gasteiger partial charge in [-0.25, -0.2) is 4.98 Å². The molecule has 1 aromatic rings. The summed E-state index contributed by atoms with van der Waals surface area (Å²) in [7, 11) is 0. The third-order valence-electron chi connectivity index (χ3n) is 2.88. The highest BCUT2D eigenvalue weighted by atomic mass is 32.2. The van der Waals surface area contributed by atoms with Gasteiger partial charge in [0, 0.05) is 18.3 Å². The summed E-state index contributed by atoms with van der Waals surface area (Å²) >= 11 is 1.51. The van der Waals surface area contributed by atoms with Gasteiger partial charge in [-0.3, -0.25) is 4.79 Å². The molecule has 1 aliphatic rings. The van der Waals surface area contributed by atoms with Crippen LogP contribution in [0, 0.1) is 5.92 Å². The standard InChI is InChI=1S/C11H16N2OS/c14-10(9-4-2-1-3-5-9)8-15-11-12-6-7-13-11/h6-7,9H,1-5,8H2,(H,12,13). The van der Waals surface area contributed by atoms with Crippen molar-refractivity contribution in [3.05, 3.63) is 12.4 Å². The molecule has 1 N–H and O–H groups in total. The fourth-order valence-electron chi connectivity index (χ4n) is 2.01. The molecule has 1 saturated carbocycles. The lowest BCUT2D eigenvalue weighted by Gasteiger charge is -2.19. The Morgan fingerprint density at radius 1 is 1.47 bits per heavy atom. The second-order valence-electron chi connectivity index (χ2n) is 3.98. The third-order valence-corrected chi connectivity index (χ3v) is 3.81. The van der Waals surface area contributed by atoms with E-state index in [1.165, 1.54) is 31.0 Å². The molecule has 3 nitrogen and oxygen atoms in total. The van der Waals surface area contributed by atoms with Crippen molar-refractivity contribution < 1.29 is 4.79 Å². The van der Waals surface area contributed by atoms with Crippen molar-refractivity contribution in [2.45, 2.75) is 37.3 Å². The highest BCUT2D eigenvalue weighted by Gasteiger charge is 2.20. The summed E-state index contributed by atoms with van der Waals surface area (Å²) < 4.78 is 0. The van der Waals surface area contributed by atoms with Crippen LogP contribution in [0.4, 0.5) is 0 Å². The second-order valence-corrected chi connectivity index (χ2v) is 4.95. The van der Waals surface area contributed by atoms with Crippen molar-refractivity contribution in [2.75, 3.05) is 5.75 Å². The molecule has 0 spiro atoms. The molecule has 15 heavy (non-hydrogen) atoms. The van der Waals surface area contributed by atoms with Gasteiger partial charge in [0.2, 0.25) is 0 Å². The van der Waals surface area contributed by atoms with Gasteiger partial charge in [-0.1, -0.05) is 31.0 Å². The maximum atomic E-state index is 11.8. The summed E-state index contributed by atoms with van der Waals surface area (Å²) in [5.74, 6) is 1.29. The zero-order chi connectivity index (χ0) is 10.5. The molecule has 0 saturated heterocycles. The number of nitrogens with one attached hydrogen (secondary N) is 1. The zero-order valence-electron chi connectivity index (χ0n) is 8.74. The first-order valence-corrected chi connectivity index (χ1v) is 6.50. The van der Waals surface area contributed by atoms with E-state index in [1.54, 1.807) is 12.4 Å². The molecule has 1 fully saturated rings. The van der Waals surface area contributed by atoms with Gasteiger partial charge < -0.3 is 4.98 Å². The average molecular weight is 224 g/mol. The minimum atomic E-state index is 0.321. The number of carbonyl (C=O) groups is 1. The minimum Gasteiger partial charge on any atom is -0.340 e. The number of ketones is 1. The van der Waals surface area contributed by atoms with E-state index in [0.29, 0.717) is 17.5 Å². The van der Waals surface area contributed by atoms with E-state index >= 15 is 0 Å². The number of rotatable bonds is 4. The van der Waals surface area contributed by atoms with Gasteiger partial charge in [-0.15, -0.1) is 0 Å². The summed E-state index contributed by atoms with van der Waals surface area (Å²) in [6, 6.07) is 0. The SMILES string of the molecule is O=C(CSc1ncc[nH]1)C1CCCCC1. The van der Waals surface area contributed by atoms with Crippen LogP contribution in [-0.2, 0) is 4.79 Å². The molecule has 0 amide bonds. The van der Waals surface area contributed by atoms with Crippen LogP contribution in [0.5, 0.6) is 0 Å².